The average Bonchev–Trinajstić information content (AvgIpc) is 2.31. The predicted octanol–water partition coefficient (Wildman–Crippen LogP) is 4.68. The first kappa shape index (κ1) is 10.2. The van der Waals surface area contributed by atoms with E-state index >= 15 is 0 Å². The molecule has 0 bridgehead atoms. The summed E-state index contributed by atoms with van der Waals surface area (Å²) >= 11 is 0. The van der Waals surface area contributed by atoms with Gasteiger partial charge in [-0.25, -0.2) is 0 Å². The van der Waals surface area contributed by atoms with Crippen LogP contribution < -0.4 is 0 Å². The van der Waals surface area contributed by atoms with Crippen LogP contribution in [0.5, 0.6) is 0 Å². The molecule has 1 aromatic rings. The maximum atomic E-state index is 3.76. The van der Waals surface area contributed by atoms with E-state index in [0.717, 1.165) is 0 Å². The fraction of sp³-hybridized carbons (Fsp3) is 0.333. The molecular formula is C15H18. The number of hydrogen-bond donors (Lipinski definition) is 0. The lowest BCUT2D eigenvalue weighted by atomic mass is 9.93. The molecule has 0 unspecified atom stereocenters. The number of hydrogen-bond acceptors (Lipinski definition) is 0. The molecule has 15 heavy (non-hydrogen) atoms. The Morgan fingerprint density at radius 1 is 0.867 bits per heavy atom. The minimum atomic E-state index is 1.20. The van der Waals surface area contributed by atoms with Gasteiger partial charge in [-0.05, 0) is 36.8 Å². The van der Waals surface area contributed by atoms with Crippen molar-refractivity contribution in [2.75, 3.05) is 0 Å². The highest BCUT2D eigenvalue weighted by atomic mass is 14.1. The minimum Gasteiger partial charge on any atom is -0.0985 e. The third-order valence-electron chi connectivity index (χ3n) is 3.04. The molecule has 0 radical (unpaired) electrons. The van der Waals surface area contributed by atoms with Gasteiger partial charge >= 0.3 is 0 Å². The van der Waals surface area contributed by atoms with E-state index in [4.69, 9.17) is 0 Å². The lowest BCUT2D eigenvalue weighted by molar-refractivity contribution is 0.602. The van der Waals surface area contributed by atoms with Crippen molar-refractivity contribution in [3.8, 4) is 0 Å². The summed E-state index contributed by atoms with van der Waals surface area (Å²) in [6, 6.07) is 8.61. The summed E-state index contributed by atoms with van der Waals surface area (Å²) in [4.78, 5) is 0. The van der Waals surface area contributed by atoms with Crippen molar-refractivity contribution in [2.45, 2.75) is 32.1 Å². The third kappa shape index (κ3) is 2.82. The van der Waals surface area contributed by atoms with E-state index in [-0.39, 0.29) is 0 Å². The molecule has 2 rings (SSSR count). The molecule has 0 nitrogen and oxygen atoms in total. The fourth-order valence-electron chi connectivity index (χ4n) is 2.11. The number of allylic oxidation sites excluding steroid dienone is 1. The lowest BCUT2D eigenvalue weighted by Gasteiger charge is -2.13. The Hall–Kier alpha value is -1.30. The summed E-state index contributed by atoms with van der Waals surface area (Å²) in [5.41, 5.74) is 4.14. The first-order valence-electron chi connectivity index (χ1n) is 5.80. The van der Waals surface area contributed by atoms with Crippen LogP contribution in [0, 0.1) is 0 Å². The summed E-state index contributed by atoms with van der Waals surface area (Å²) < 4.78 is 0. The van der Waals surface area contributed by atoms with Crippen molar-refractivity contribution in [2.24, 2.45) is 0 Å². The number of benzene rings is 1. The van der Waals surface area contributed by atoms with Crippen LogP contribution in [-0.4, -0.2) is 0 Å². The lowest BCUT2D eigenvalue weighted by Crippen LogP contribution is -1.93. The van der Waals surface area contributed by atoms with Crippen LogP contribution in [0.4, 0.5) is 0 Å². The molecule has 1 fully saturated rings. The van der Waals surface area contributed by atoms with Crippen LogP contribution in [0.15, 0.2) is 36.4 Å². The highest BCUT2D eigenvalue weighted by molar-refractivity contribution is 5.56. The van der Waals surface area contributed by atoms with E-state index in [2.05, 4.69) is 36.9 Å². The van der Waals surface area contributed by atoms with Crippen molar-refractivity contribution in [1.82, 2.24) is 0 Å². The van der Waals surface area contributed by atoms with Gasteiger partial charge in [0, 0.05) is 0 Å². The highest BCUT2D eigenvalue weighted by Crippen LogP contribution is 2.24. The van der Waals surface area contributed by atoms with E-state index in [0.29, 0.717) is 0 Å². The topological polar surface area (TPSA) is 0 Å². The normalized spacial score (nSPS) is 16.1. The molecule has 0 N–H and O–H groups in total. The van der Waals surface area contributed by atoms with Gasteiger partial charge < -0.3 is 0 Å². The van der Waals surface area contributed by atoms with Gasteiger partial charge in [0.1, 0.15) is 0 Å². The van der Waals surface area contributed by atoms with E-state index in [9.17, 15) is 0 Å². The van der Waals surface area contributed by atoms with Crippen molar-refractivity contribution in [3.05, 3.63) is 47.5 Å². The van der Waals surface area contributed by atoms with E-state index < -0.39 is 0 Å². The SMILES string of the molecule is C=Cc1ccc(C=C2CCCCC2)cc1. The zero-order valence-electron chi connectivity index (χ0n) is 9.21. The van der Waals surface area contributed by atoms with Crippen LogP contribution in [0.1, 0.15) is 43.2 Å². The summed E-state index contributed by atoms with van der Waals surface area (Å²) in [5, 5.41) is 0. The van der Waals surface area contributed by atoms with E-state index in [1.165, 1.54) is 43.2 Å². The molecule has 78 valence electrons. The molecule has 1 aliphatic carbocycles. The number of rotatable bonds is 2. The van der Waals surface area contributed by atoms with Crippen LogP contribution >= 0.6 is 0 Å². The Bertz CT molecular complexity index is 346. The Morgan fingerprint density at radius 2 is 1.47 bits per heavy atom. The van der Waals surface area contributed by atoms with E-state index in [1.807, 2.05) is 6.08 Å². The fourth-order valence-corrected chi connectivity index (χ4v) is 2.11. The standard InChI is InChI=1S/C15H18/c1-2-13-8-10-15(11-9-13)12-14-6-4-3-5-7-14/h2,8-12H,1,3-7H2. The molecule has 1 aromatic carbocycles. The molecule has 1 saturated carbocycles. The highest BCUT2D eigenvalue weighted by Gasteiger charge is 2.04. The zero-order valence-corrected chi connectivity index (χ0v) is 9.21. The Balaban J connectivity index is 2.11. The molecule has 0 saturated heterocycles. The van der Waals surface area contributed by atoms with Gasteiger partial charge in [0.05, 0.1) is 0 Å². The Morgan fingerprint density at radius 3 is 2.07 bits per heavy atom. The summed E-state index contributed by atoms with van der Waals surface area (Å²) in [5.74, 6) is 0. The van der Waals surface area contributed by atoms with Gasteiger partial charge in [0.2, 0.25) is 0 Å². The Kier molecular flexibility index (Phi) is 3.39. The Labute approximate surface area is 92.3 Å². The molecule has 0 heteroatoms. The van der Waals surface area contributed by atoms with Crippen molar-refractivity contribution in [3.63, 3.8) is 0 Å². The molecular weight excluding hydrogens is 180 g/mol. The maximum absolute atomic E-state index is 3.76. The molecule has 0 amide bonds. The van der Waals surface area contributed by atoms with Crippen molar-refractivity contribution >= 4 is 12.2 Å². The predicted molar refractivity (Wildman–Crippen MR) is 67.6 cm³/mol. The van der Waals surface area contributed by atoms with Crippen LogP contribution in [0.3, 0.4) is 0 Å². The maximum Gasteiger partial charge on any atom is -0.0257 e. The second-order valence-electron chi connectivity index (χ2n) is 4.23. The first-order chi connectivity index (χ1) is 7.38. The first-order valence-corrected chi connectivity index (χ1v) is 5.80. The van der Waals surface area contributed by atoms with Crippen molar-refractivity contribution in [1.29, 1.82) is 0 Å². The average molecular weight is 198 g/mol. The monoisotopic (exact) mass is 198 g/mol. The summed E-state index contributed by atoms with van der Waals surface area (Å²) in [6.45, 7) is 3.76. The minimum absolute atomic E-state index is 1.20. The summed E-state index contributed by atoms with van der Waals surface area (Å²) in [6.07, 6.45) is 11.0. The van der Waals surface area contributed by atoms with Gasteiger partial charge in [-0.1, -0.05) is 55.0 Å². The third-order valence-corrected chi connectivity index (χ3v) is 3.04. The van der Waals surface area contributed by atoms with Gasteiger partial charge in [-0.15, -0.1) is 0 Å². The quantitative estimate of drug-likeness (QED) is 0.647. The zero-order chi connectivity index (χ0) is 10.5. The molecule has 1 aliphatic rings. The van der Waals surface area contributed by atoms with Crippen LogP contribution in [0.25, 0.3) is 12.2 Å². The molecule has 0 atom stereocenters. The molecule has 0 spiro atoms. The second kappa shape index (κ2) is 4.97. The van der Waals surface area contributed by atoms with Gasteiger partial charge in [0.15, 0.2) is 0 Å². The van der Waals surface area contributed by atoms with Gasteiger partial charge in [-0.2, -0.15) is 0 Å². The van der Waals surface area contributed by atoms with Crippen LogP contribution in [-0.2, 0) is 0 Å². The molecule has 0 aliphatic heterocycles. The smallest absolute Gasteiger partial charge is 0.0257 e. The molecule has 0 aromatic heterocycles. The van der Waals surface area contributed by atoms with Gasteiger partial charge in [0.25, 0.3) is 0 Å². The van der Waals surface area contributed by atoms with Crippen molar-refractivity contribution < 1.29 is 0 Å². The van der Waals surface area contributed by atoms with E-state index in [1.54, 1.807) is 5.57 Å². The van der Waals surface area contributed by atoms with Gasteiger partial charge in [-0.3, -0.25) is 0 Å². The molecule has 0 heterocycles. The van der Waals surface area contributed by atoms with Crippen LogP contribution in [0.2, 0.25) is 0 Å². The second-order valence-corrected chi connectivity index (χ2v) is 4.23. The summed E-state index contributed by atoms with van der Waals surface area (Å²) in [7, 11) is 0. The largest absolute Gasteiger partial charge is 0.0985 e.